The zero-order chi connectivity index (χ0) is 43.5. The molecule has 3 aromatic carbocycles. The summed E-state index contributed by atoms with van der Waals surface area (Å²) in [4.78, 5) is 48.3. The summed E-state index contributed by atoms with van der Waals surface area (Å²) in [6, 6.07) is 18.7. The number of imide groups is 1. The SMILES string of the molecule is CC1(C)C(NC(=O)c2ccc(N3CCC(CN4CCC(n5ccc6c(N7CCC(=O)NC7=O)c(F)ccc65)CC4)CC3)c(F)c2)C(C)(C)C1Oc1ccc(C#N)c2ncccc12. The zero-order valence-electron chi connectivity index (χ0n) is 35.6. The lowest BCUT2D eigenvalue weighted by molar-refractivity contribution is -0.163. The molecule has 3 aliphatic heterocycles. The second-order valence-corrected chi connectivity index (χ2v) is 18.6. The standard InChI is InChI=1S/C48H52F2N8O4/c1-47(2)44(48(3,4)45(47)62-39-12-8-31(27-51)41-34(39)6-5-19-52-41)54-43(60)30-7-10-38(36(50)26-30)56-22-13-29(14-23-56)28-55-20-15-32(16-21-55)57-24-17-33-37(57)11-9-35(49)42(33)58-25-18-40(59)53-46(58)61/h5-12,17,19,24,26,29,32,44-45H,13-16,18,20-23,25,28H2,1-4H3,(H,54,60)(H,53,59,61). The minimum atomic E-state index is -0.600. The molecule has 0 radical (unpaired) electrons. The number of rotatable bonds is 9. The molecule has 14 heteroatoms. The monoisotopic (exact) mass is 842 g/mol. The number of anilines is 2. The Morgan fingerprint density at radius 3 is 2.39 bits per heavy atom. The summed E-state index contributed by atoms with van der Waals surface area (Å²) in [6.45, 7) is 12.7. The van der Waals surface area contributed by atoms with Crippen LogP contribution in [0.4, 0.5) is 25.0 Å². The average molecular weight is 843 g/mol. The predicted octanol–water partition coefficient (Wildman–Crippen LogP) is 7.95. The van der Waals surface area contributed by atoms with Gasteiger partial charge < -0.3 is 24.4 Å². The maximum atomic E-state index is 15.8. The molecule has 4 amide bonds. The molecule has 4 aliphatic rings. The van der Waals surface area contributed by atoms with Gasteiger partial charge in [0.15, 0.2) is 0 Å². The summed E-state index contributed by atoms with van der Waals surface area (Å²) in [5.41, 5.74) is 2.03. The van der Waals surface area contributed by atoms with E-state index in [1.165, 1.54) is 17.0 Å². The number of nitriles is 1. The Kier molecular flexibility index (Phi) is 10.7. The maximum Gasteiger partial charge on any atom is 0.328 e. The largest absolute Gasteiger partial charge is 0.488 e. The van der Waals surface area contributed by atoms with Crippen LogP contribution in [0, 0.1) is 39.7 Å². The molecule has 5 heterocycles. The number of nitrogens with zero attached hydrogens (tertiary/aromatic N) is 6. The molecule has 4 fully saturated rings. The number of ether oxygens (including phenoxy) is 1. The Labute approximate surface area is 359 Å². The van der Waals surface area contributed by atoms with Crippen LogP contribution in [0.15, 0.2) is 73.1 Å². The van der Waals surface area contributed by atoms with E-state index >= 15 is 8.78 Å². The predicted molar refractivity (Wildman–Crippen MR) is 233 cm³/mol. The highest BCUT2D eigenvalue weighted by atomic mass is 19.1. The number of hydrogen-bond acceptors (Lipinski definition) is 8. The van der Waals surface area contributed by atoms with Crippen LogP contribution in [0.2, 0.25) is 0 Å². The van der Waals surface area contributed by atoms with Crippen LogP contribution in [0.1, 0.15) is 81.8 Å². The zero-order valence-corrected chi connectivity index (χ0v) is 35.6. The Bertz CT molecular complexity index is 2600. The second kappa shape index (κ2) is 16.0. The Balaban J connectivity index is 0.769. The van der Waals surface area contributed by atoms with Crippen LogP contribution in [0.5, 0.6) is 5.75 Å². The lowest BCUT2D eigenvalue weighted by Crippen LogP contribution is -2.74. The first-order chi connectivity index (χ1) is 29.7. The van der Waals surface area contributed by atoms with E-state index in [-0.39, 0.29) is 54.2 Å². The van der Waals surface area contributed by atoms with Crippen molar-refractivity contribution in [3.8, 4) is 11.8 Å². The fraction of sp³-hybridized carbons (Fsp3) is 0.438. The number of benzene rings is 3. The van der Waals surface area contributed by atoms with E-state index in [2.05, 4.69) is 63.7 Å². The van der Waals surface area contributed by atoms with Gasteiger partial charge in [0.05, 0.1) is 28.0 Å². The van der Waals surface area contributed by atoms with E-state index in [1.807, 2.05) is 24.4 Å². The number of hydrogen-bond donors (Lipinski definition) is 2. The van der Waals surface area contributed by atoms with Crippen molar-refractivity contribution in [2.45, 2.75) is 78.0 Å². The van der Waals surface area contributed by atoms with Crippen LogP contribution in [0.25, 0.3) is 21.8 Å². The maximum absolute atomic E-state index is 15.8. The van der Waals surface area contributed by atoms with Gasteiger partial charge in [0.25, 0.3) is 5.91 Å². The Morgan fingerprint density at radius 1 is 0.919 bits per heavy atom. The number of carbonyl (C=O) groups excluding carboxylic acids is 3. The van der Waals surface area contributed by atoms with Crippen molar-refractivity contribution in [2.75, 3.05) is 49.1 Å². The third-order valence-electron chi connectivity index (χ3n) is 14.0. The molecule has 12 nitrogen and oxygen atoms in total. The van der Waals surface area contributed by atoms with Crippen molar-refractivity contribution in [2.24, 2.45) is 16.7 Å². The van der Waals surface area contributed by atoms with Crippen molar-refractivity contribution in [1.29, 1.82) is 5.26 Å². The highest BCUT2D eigenvalue weighted by molar-refractivity contribution is 6.10. The van der Waals surface area contributed by atoms with E-state index in [4.69, 9.17) is 4.74 Å². The Morgan fingerprint density at radius 2 is 1.68 bits per heavy atom. The fourth-order valence-electron chi connectivity index (χ4n) is 11.1. The highest BCUT2D eigenvalue weighted by Crippen LogP contribution is 2.56. The van der Waals surface area contributed by atoms with Gasteiger partial charge in [0.2, 0.25) is 5.91 Å². The van der Waals surface area contributed by atoms with Crippen LogP contribution in [-0.2, 0) is 4.79 Å². The van der Waals surface area contributed by atoms with Gasteiger partial charge in [0.1, 0.15) is 29.6 Å². The molecule has 2 aromatic heterocycles. The molecule has 9 rings (SSSR count). The quantitative estimate of drug-likeness (QED) is 0.153. The third-order valence-corrected chi connectivity index (χ3v) is 14.0. The molecule has 1 aliphatic carbocycles. The number of likely N-dealkylation sites (tertiary alicyclic amines) is 1. The number of piperidine rings is 2. The number of urea groups is 1. The van der Waals surface area contributed by atoms with Gasteiger partial charge in [-0.05, 0) is 92.3 Å². The number of carbonyl (C=O) groups is 3. The van der Waals surface area contributed by atoms with Crippen molar-refractivity contribution in [1.82, 2.24) is 25.1 Å². The molecule has 0 atom stereocenters. The second-order valence-electron chi connectivity index (χ2n) is 18.6. The van der Waals surface area contributed by atoms with Crippen molar-refractivity contribution in [3.05, 3.63) is 95.8 Å². The smallest absolute Gasteiger partial charge is 0.328 e. The molecule has 5 aromatic rings. The highest BCUT2D eigenvalue weighted by Gasteiger charge is 2.64. The summed E-state index contributed by atoms with van der Waals surface area (Å²) < 4.78 is 39.7. The van der Waals surface area contributed by atoms with Gasteiger partial charge >= 0.3 is 6.03 Å². The molecule has 0 unspecified atom stereocenters. The molecule has 3 saturated heterocycles. The normalized spacial score (nSPS) is 22.0. The topological polar surface area (TPSA) is 136 Å². The van der Waals surface area contributed by atoms with E-state index in [9.17, 15) is 19.6 Å². The first kappa shape index (κ1) is 41.3. The lowest BCUT2D eigenvalue weighted by atomic mass is 9.49. The number of fused-ring (bicyclic) bond motifs is 2. The summed E-state index contributed by atoms with van der Waals surface area (Å²) in [5.74, 6) is -0.454. The molecule has 0 spiro atoms. The first-order valence-corrected chi connectivity index (χ1v) is 21.7. The molecular weight excluding hydrogens is 791 g/mol. The van der Waals surface area contributed by atoms with Gasteiger partial charge in [0, 0.05) is 97.3 Å². The third kappa shape index (κ3) is 7.29. The number of nitrogens with one attached hydrogen (secondary N) is 2. The molecule has 0 bridgehead atoms. The van der Waals surface area contributed by atoms with Gasteiger partial charge in [-0.25, -0.2) is 13.6 Å². The van der Waals surface area contributed by atoms with Crippen LogP contribution in [-0.4, -0.2) is 83.7 Å². The van der Waals surface area contributed by atoms with E-state index in [0.717, 1.165) is 69.3 Å². The number of halogens is 2. The summed E-state index contributed by atoms with van der Waals surface area (Å²) in [5, 5.41) is 16.5. The molecule has 1 saturated carbocycles. The van der Waals surface area contributed by atoms with Gasteiger partial charge in [-0.15, -0.1) is 0 Å². The van der Waals surface area contributed by atoms with Gasteiger partial charge in [-0.3, -0.25) is 24.8 Å². The Hall–Kier alpha value is -6.07. The van der Waals surface area contributed by atoms with Crippen LogP contribution >= 0.6 is 0 Å². The van der Waals surface area contributed by atoms with Gasteiger partial charge in [-0.2, -0.15) is 5.26 Å². The van der Waals surface area contributed by atoms with Crippen molar-refractivity contribution < 1.29 is 27.9 Å². The minimum Gasteiger partial charge on any atom is -0.488 e. The summed E-state index contributed by atoms with van der Waals surface area (Å²) in [6.07, 6.45) is 7.28. The molecular formula is C48H52F2N8O4. The average Bonchev–Trinajstić information content (AvgIpc) is 3.69. The molecule has 2 N–H and O–H groups in total. The van der Waals surface area contributed by atoms with Gasteiger partial charge in [-0.1, -0.05) is 27.7 Å². The van der Waals surface area contributed by atoms with E-state index in [0.29, 0.717) is 33.8 Å². The fourth-order valence-corrected chi connectivity index (χ4v) is 11.1. The first-order valence-electron chi connectivity index (χ1n) is 21.7. The number of aromatic nitrogens is 2. The number of amides is 4. The van der Waals surface area contributed by atoms with Crippen molar-refractivity contribution in [3.63, 3.8) is 0 Å². The summed E-state index contributed by atoms with van der Waals surface area (Å²) in [7, 11) is 0. The summed E-state index contributed by atoms with van der Waals surface area (Å²) >= 11 is 0. The van der Waals surface area contributed by atoms with Crippen molar-refractivity contribution >= 4 is 51.0 Å². The molecule has 62 heavy (non-hydrogen) atoms. The lowest BCUT2D eigenvalue weighted by Gasteiger charge is -2.63. The van der Waals surface area contributed by atoms with Crippen LogP contribution < -0.4 is 25.2 Å². The van der Waals surface area contributed by atoms with E-state index < -0.39 is 28.5 Å². The number of pyridine rings is 1. The van der Waals surface area contributed by atoms with E-state index in [1.54, 1.807) is 36.5 Å². The molecule has 322 valence electrons. The minimum absolute atomic E-state index is 0.127. The van der Waals surface area contributed by atoms with Crippen LogP contribution in [0.3, 0.4) is 0 Å².